The van der Waals surface area contributed by atoms with E-state index >= 15 is 0 Å². The van der Waals surface area contributed by atoms with Gasteiger partial charge in [0.15, 0.2) is 0 Å². The Balaban J connectivity index is 0.000000256. The summed E-state index contributed by atoms with van der Waals surface area (Å²) in [6, 6.07) is 16.3. The zero-order valence-corrected chi connectivity index (χ0v) is 26.3. The summed E-state index contributed by atoms with van der Waals surface area (Å²) in [5.41, 5.74) is 1.26. The number of aldehydes is 1. The van der Waals surface area contributed by atoms with Crippen LogP contribution in [-0.4, -0.2) is 82.9 Å². The first-order valence-corrected chi connectivity index (χ1v) is 14.5. The first kappa shape index (κ1) is 37.1. The van der Waals surface area contributed by atoms with Gasteiger partial charge in [0.05, 0.1) is 33.4 Å². The highest BCUT2D eigenvalue weighted by molar-refractivity contribution is 6.01. The van der Waals surface area contributed by atoms with Crippen LogP contribution in [0, 0.1) is 12.3 Å². The lowest BCUT2D eigenvalue weighted by Gasteiger charge is -2.41. The number of hydrogen-bond donors (Lipinski definition) is 1. The van der Waals surface area contributed by atoms with Gasteiger partial charge in [-0.3, -0.25) is 14.5 Å². The Bertz CT molecular complexity index is 1540. The molecule has 1 amide bonds. The molecule has 0 spiro atoms. The minimum absolute atomic E-state index is 0.335. The lowest BCUT2D eigenvalue weighted by atomic mass is 9.76. The molecule has 1 heterocycles. The SMILES string of the molecule is COC(=O)CNC(=O)C1(C(F)(F)F)CCN(CC(F)(F)F)CC1.COc1cc(CC=O)cc(OC)c1-c1cccc2c(C)cccc12. The number of aryl methyl sites for hydroxylation is 1. The number of nitrogens with one attached hydrogen (secondary N) is 1. The van der Waals surface area contributed by atoms with Crippen LogP contribution in [0.5, 0.6) is 11.5 Å². The van der Waals surface area contributed by atoms with Crippen molar-refractivity contribution in [1.29, 1.82) is 0 Å². The lowest BCUT2D eigenvalue weighted by Crippen LogP contribution is -2.57. The second-order valence-electron chi connectivity index (χ2n) is 11.0. The van der Waals surface area contributed by atoms with Gasteiger partial charge in [-0.2, -0.15) is 26.3 Å². The highest BCUT2D eigenvalue weighted by Crippen LogP contribution is 2.47. The number of fused-ring (bicyclic) bond motifs is 1. The molecule has 4 rings (SSSR count). The third kappa shape index (κ3) is 8.93. The predicted octanol–water partition coefficient (Wildman–Crippen LogP) is 6.06. The Morgan fingerprint density at radius 1 is 0.915 bits per heavy atom. The molecule has 1 fully saturated rings. The third-order valence-electron chi connectivity index (χ3n) is 8.00. The van der Waals surface area contributed by atoms with Crippen LogP contribution in [-0.2, 0) is 25.5 Å². The number of benzene rings is 3. The molecule has 14 heteroatoms. The maximum atomic E-state index is 13.3. The molecule has 0 aliphatic carbocycles. The van der Waals surface area contributed by atoms with Crippen LogP contribution < -0.4 is 14.8 Å². The van der Waals surface area contributed by atoms with Crippen LogP contribution in [0.1, 0.15) is 24.0 Å². The largest absolute Gasteiger partial charge is 0.496 e. The number of rotatable bonds is 9. The van der Waals surface area contributed by atoms with Crippen molar-refractivity contribution in [3.8, 4) is 22.6 Å². The fourth-order valence-corrected chi connectivity index (χ4v) is 5.51. The molecule has 0 aromatic heterocycles. The van der Waals surface area contributed by atoms with Gasteiger partial charge < -0.3 is 24.3 Å². The van der Waals surface area contributed by atoms with Crippen LogP contribution >= 0.6 is 0 Å². The van der Waals surface area contributed by atoms with E-state index in [9.17, 15) is 40.7 Å². The van der Waals surface area contributed by atoms with Crippen LogP contribution in [0.25, 0.3) is 21.9 Å². The number of amides is 1. The van der Waals surface area contributed by atoms with Gasteiger partial charge in [-0.25, -0.2) is 0 Å². The standard InChI is InChI=1S/C21H20O3.C12H16F6N2O3/c1-14-6-4-8-17-16(14)7-5-9-18(17)21-19(23-2)12-15(10-11-22)13-20(21)24-3;1-23-8(21)6-19-9(22)10(12(16,17)18)2-4-20(5-3-10)7-11(13,14)15/h4-9,11-13H,10H2,1-3H3;2-7H2,1H3,(H,19,22). The van der Waals surface area contributed by atoms with E-state index in [0.717, 1.165) is 40.4 Å². The van der Waals surface area contributed by atoms with Gasteiger partial charge >= 0.3 is 18.3 Å². The smallest absolute Gasteiger partial charge is 0.403 e. The number of likely N-dealkylation sites (tertiary alicyclic amines) is 1. The maximum absolute atomic E-state index is 13.3. The average molecular weight is 671 g/mol. The molecule has 0 bridgehead atoms. The Labute approximate surface area is 268 Å². The van der Waals surface area contributed by atoms with Gasteiger partial charge in [0.2, 0.25) is 5.91 Å². The number of nitrogens with zero attached hydrogens (tertiary/aromatic N) is 1. The van der Waals surface area contributed by atoms with Gasteiger partial charge in [0.25, 0.3) is 0 Å². The topological polar surface area (TPSA) is 94.2 Å². The van der Waals surface area contributed by atoms with Gasteiger partial charge in [-0.05, 0) is 72.5 Å². The zero-order chi connectivity index (χ0) is 35.0. The van der Waals surface area contributed by atoms with E-state index in [1.807, 2.05) is 23.5 Å². The summed E-state index contributed by atoms with van der Waals surface area (Å²) in [4.78, 5) is 34.5. The van der Waals surface area contributed by atoms with Gasteiger partial charge in [-0.1, -0.05) is 36.4 Å². The Morgan fingerprint density at radius 3 is 2.00 bits per heavy atom. The van der Waals surface area contributed by atoms with E-state index in [0.29, 0.717) is 17.9 Å². The van der Waals surface area contributed by atoms with Crippen LogP contribution in [0.15, 0.2) is 48.5 Å². The van der Waals surface area contributed by atoms with E-state index in [-0.39, 0.29) is 0 Å². The second kappa shape index (κ2) is 15.5. The van der Waals surface area contributed by atoms with Crippen molar-refractivity contribution >= 4 is 28.9 Å². The van der Waals surface area contributed by atoms with Crippen molar-refractivity contribution in [2.24, 2.45) is 5.41 Å². The van der Waals surface area contributed by atoms with Crippen molar-refractivity contribution in [1.82, 2.24) is 10.2 Å². The normalized spacial score (nSPS) is 14.9. The number of alkyl halides is 6. The summed E-state index contributed by atoms with van der Waals surface area (Å²) in [5, 5.41) is 4.19. The van der Waals surface area contributed by atoms with Crippen LogP contribution in [0.4, 0.5) is 26.3 Å². The molecule has 0 atom stereocenters. The molecule has 1 aliphatic rings. The number of methoxy groups -OCH3 is 3. The average Bonchev–Trinajstić information content (AvgIpc) is 3.02. The Kier molecular flexibility index (Phi) is 12.3. The van der Waals surface area contributed by atoms with Crippen molar-refractivity contribution in [3.05, 3.63) is 59.7 Å². The first-order valence-electron chi connectivity index (χ1n) is 14.5. The van der Waals surface area contributed by atoms with E-state index in [1.54, 1.807) is 14.2 Å². The molecule has 0 radical (unpaired) electrons. The van der Waals surface area contributed by atoms with E-state index in [4.69, 9.17) is 9.47 Å². The molecule has 1 N–H and O–H groups in total. The van der Waals surface area contributed by atoms with Crippen molar-refractivity contribution in [2.75, 3.05) is 47.5 Å². The van der Waals surface area contributed by atoms with Gasteiger partial charge in [0, 0.05) is 6.42 Å². The minimum Gasteiger partial charge on any atom is -0.496 e. The number of carbonyl (C=O) groups is 3. The van der Waals surface area contributed by atoms with E-state index in [2.05, 4.69) is 42.0 Å². The number of halogens is 6. The molecule has 256 valence electrons. The molecule has 3 aromatic rings. The van der Waals surface area contributed by atoms with Crippen molar-refractivity contribution in [3.63, 3.8) is 0 Å². The lowest BCUT2D eigenvalue weighted by molar-refractivity contribution is -0.236. The summed E-state index contributed by atoms with van der Waals surface area (Å²) in [6.07, 6.45) is -9.85. The maximum Gasteiger partial charge on any atom is 0.403 e. The van der Waals surface area contributed by atoms with Crippen molar-refractivity contribution < 1.29 is 54.9 Å². The van der Waals surface area contributed by atoms with Crippen LogP contribution in [0.3, 0.4) is 0 Å². The van der Waals surface area contributed by atoms with Gasteiger partial charge in [0.1, 0.15) is 29.7 Å². The molecule has 0 unspecified atom stereocenters. The van der Waals surface area contributed by atoms with Crippen LogP contribution in [0.2, 0.25) is 0 Å². The summed E-state index contributed by atoms with van der Waals surface area (Å²) in [5.74, 6) is -0.937. The summed E-state index contributed by atoms with van der Waals surface area (Å²) >= 11 is 0. The summed E-state index contributed by atoms with van der Waals surface area (Å²) in [7, 11) is 4.28. The summed E-state index contributed by atoms with van der Waals surface area (Å²) < 4.78 is 92.2. The first-order chi connectivity index (χ1) is 22.1. The third-order valence-corrected chi connectivity index (χ3v) is 8.00. The minimum atomic E-state index is -4.93. The molecule has 0 saturated carbocycles. The fourth-order valence-electron chi connectivity index (χ4n) is 5.51. The van der Waals surface area contributed by atoms with E-state index in [1.165, 1.54) is 10.9 Å². The quantitative estimate of drug-likeness (QED) is 0.168. The highest BCUT2D eigenvalue weighted by atomic mass is 19.4. The molecule has 3 aromatic carbocycles. The zero-order valence-electron chi connectivity index (χ0n) is 26.3. The molecule has 47 heavy (non-hydrogen) atoms. The molecular formula is C33H36F6N2O6. The monoisotopic (exact) mass is 670 g/mol. The Morgan fingerprint density at radius 2 is 1.49 bits per heavy atom. The summed E-state index contributed by atoms with van der Waals surface area (Å²) in [6.45, 7) is -1.01. The molecule has 1 aliphatic heterocycles. The number of ether oxygens (including phenoxy) is 3. The number of piperidine rings is 1. The Hall–Kier alpha value is -4.33. The number of esters is 1. The molecule has 1 saturated heterocycles. The fraction of sp³-hybridized carbons (Fsp3) is 0.424. The second-order valence-corrected chi connectivity index (χ2v) is 11.0. The molecular weight excluding hydrogens is 634 g/mol. The predicted molar refractivity (Wildman–Crippen MR) is 162 cm³/mol. The van der Waals surface area contributed by atoms with Gasteiger partial charge in [-0.15, -0.1) is 0 Å². The van der Waals surface area contributed by atoms with Crippen molar-refractivity contribution in [2.45, 2.75) is 38.5 Å². The molecule has 8 nitrogen and oxygen atoms in total. The van der Waals surface area contributed by atoms with E-state index < -0.39 is 68.7 Å². The number of carbonyl (C=O) groups excluding carboxylic acids is 3. The number of hydrogen-bond acceptors (Lipinski definition) is 7. The highest BCUT2D eigenvalue weighted by Gasteiger charge is 2.61.